The molecule has 1 atom stereocenters. The zero-order valence-corrected chi connectivity index (χ0v) is 15.8. The lowest BCUT2D eigenvalue weighted by Crippen LogP contribution is -2.34. The highest BCUT2D eigenvalue weighted by atomic mass is 19.4. The Morgan fingerprint density at radius 2 is 1.69 bits per heavy atom. The Kier molecular flexibility index (Phi) is 5.49. The SMILES string of the molecule is FC(F)(F)c1cccc(-c2cncc(CC3CC(c4ccccc4)=CCN3)c2)c1. The van der Waals surface area contributed by atoms with Crippen LogP contribution < -0.4 is 5.32 Å². The maximum absolute atomic E-state index is 13.0. The van der Waals surface area contributed by atoms with Gasteiger partial charge in [-0.25, -0.2) is 0 Å². The Morgan fingerprint density at radius 1 is 0.897 bits per heavy atom. The van der Waals surface area contributed by atoms with Crippen LogP contribution in [0.2, 0.25) is 0 Å². The number of hydrogen-bond acceptors (Lipinski definition) is 2. The number of alkyl halides is 3. The predicted octanol–water partition coefficient (Wildman–Crippen LogP) is 5.76. The van der Waals surface area contributed by atoms with Crippen LogP contribution in [0.1, 0.15) is 23.1 Å². The fraction of sp³-hybridized carbons (Fsp3) is 0.208. The molecule has 1 aliphatic heterocycles. The van der Waals surface area contributed by atoms with Crippen LogP contribution in [-0.4, -0.2) is 17.6 Å². The van der Waals surface area contributed by atoms with Gasteiger partial charge in [-0.15, -0.1) is 0 Å². The van der Waals surface area contributed by atoms with Gasteiger partial charge in [0.05, 0.1) is 5.56 Å². The molecule has 148 valence electrons. The zero-order valence-electron chi connectivity index (χ0n) is 15.8. The molecule has 1 aliphatic rings. The molecule has 2 heterocycles. The highest BCUT2D eigenvalue weighted by Crippen LogP contribution is 2.32. The molecule has 0 aliphatic carbocycles. The summed E-state index contributed by atoms with van der Waals surface area (Å²) >= 11 is 0. The second-order valence-electron chi connectivity index (χ2n) is 7.27. The Morgan fingerprint density at radius 3 is 2.48 bits per heavy atom. The molecule has 29 heavy (non-hydrogen) atoms. The first-order valence-electron chi connectivity index (χ1n) is 9.58. The van der Waals surface area contributed by atoms with Crippen LogP contribution in [0, 0.1) is 0 Å². The van der Waals surface area contributed by atoms with Gasteiger partial charge in [0.15, 0.2) is 0 Å². The first-order valence-corrected chi connectivity index (χ1v) is 9.58. The summed E-state index contributed by atoms with van der Waals surface area (Å²) in [6.07, 6.45) is 2.93. The van der Waals surface area contributed by atoms with Crippen LogP contribution in [0.4, 0.5) is 13.2 Å². The second-order valence-corrected chi connectivity index (χ2v) is 7.27. The molecule has 0 spiro atoms. The normalized spacial score (nSPS) is 17.1. The van der Waals surface area contributed by atoms with Crippen molar-refractivity contribution in [2.24, 2.45) is 0 Å². The number of nitrogens with zero attached hydrogens (tertiary/aromatic N) is 1. The summed E-state index contributed by atoms with van der Waals surface area (Å²) in [4.78, 5) is 4.27. The van der Waals surface area contributed by atoms with Gasteiger partial charge in [-0.05, 0) is 53.3 Å². The molecule has 0 bridgehead atoms. The highest BCUT2D eigenvalue weighted by Gasteiger charge is 2.30. The predicted molar refractivity (Wildman–Crippen MR) is 109 cm³/mol. The number of pyridine rings is 1. The maximum Gasteiger partial charge on any atom is 0.416 e. The van der Waals surface area contributed by atoms with Gasteiger partial charge >= 0.3 is 6.18 Å². The van der Waals surface area contributed by atoms with Gasteiger partial charge < -0.3 is 5.32 Å². The molecule has 0 saturated carbocycles. The van der Waals surface area contributed by atoms with E-state index in [9.17, 15) is 13.2 Å². The van der Waals surface area contributed by atoms with E-state index in [1.54, 1.807) is 18.5 Å². The molecule has 0 radical (unpaired) electrons. The summed E-state index contributed by atoms with van der Waals surface area (Å²) in [5.74, 6) is 0. The monoisotopic (exact) mass is 394 g/mol. The fourth-order valence-electron chi connectivity index (χ4n) is 3.72. The Labute approximate surface area is 168 Å². The van der Waals surface area contributed by atoms with Gasteiger partial charge in [0.1, 0.15) is 0 Å². The molecule has 1 unspecified atom stereocenters. The number of hydrogen-bond donors (Lipinski definition) is 1. The molecule has 0 amide bonds. The lowest BCUT2D eigenvalue weighted by Gasteiger charge is -2.25. The molecule has 2 aromatic carbocycles. The summed E-state index contributed by atoms with van der Waals surface area (Å²) in [6, 6.07) is 17.9. The first kappa shape index (κ1) is 19.4. The number of benzene rings is 2. The molecule has 1 aromatic heterocycles. The van der Waals surface area contributed by atoms with E-state index in [2.05, 4.69) is 28.5 Å². The molecule has 4 rings (SSSR count). The Balaban J connectivity index is 1.51. The van der Waals surface area contributed by atoms with Crippen molar-refractivity contribution >= 4 is 5.57 Å². The van der Waals surface area contributed by atoms with Crippen LogP contribution in [-0.2, 0) is 12.6 Å². The van der Waals surface area contributed by atoms with Crippen LogP contribution in [0.15, 0.2) is 79.1 Å². The van der Waals surface area contributed by atoms with E-state index in [1.807, 2.05) is 24.3 Å². The zero-order chi connectivity index (χ0) is 20.3. The second kappa shape index (κ2) is 8.21. The fourth-order valence-corrected chi connectivity index (χ4v) is 3.72. The van der Waals surface area contributed by atoms with Crippen molar-refractivity contribution in [1.29, 1.82) is 0 Å². The van der Waals surface area contributed by atoms with E-state index in [0.29, 0.717) is 11.1 Å². The molecular weight excluding hydrogens is 373 g/mol. The lowest BCUT2D eigenvalue weighted by molar-refractivity contribution is -0.137. The minimum Gasteiger partial charge on any atom is -0.310 e. The van der Waals surface area contributed by atoms with Crippen molar-refractivity contribution in [2.75, 3.05) is 6.54 Å². The molecule has 0 fully saturated rings. The smallest absolute Gasteiger partial charge is 0.310 e. The third-order valence-electron chi connectivity index (χ3n) is 5.17. The third kappa shape index (κ3) is 4.74. The summed E-state index contributed by atoms with van der Waals surface area (Å²) in [5.41, 5.74) is 4.13. The number of aromatic nitrogens is 1. The van der Waals surface area contributed by atoms with Gasteiger partial charge in [-0.2, -0.15) is 13.2 Å². The largest absolute Gasteiger partial charge is 0.416 e. The van der Waals surface area contributed by atoms with Gasteiger partial charge in [-0.3, -0.25) is 4.98 Å². The van der Waals surface area contributed by atoms with E-state index in [4.69, 9.17) is 0 Å². The lowest BCUT2D eigenvalue weighted by atomic mass is 9.92. The van der Waals surface area contributed by atoms with Crippen LogP contribution in [0.3, 0.4) is 0 Å². The first-order chi connectivity index (χ1) is 14.0. The molecule has 3 aromatic rings. The van der Waals surface area contributed by atoms with Gasteiger partial charge in [-0.1, -0.05) is 48.5 Å². The van der Waals surface area contributed by atoms with Gasteiger partial charge in [0.2, 0.25) is 0 Å². The summed E-state index contributed by atoms with van der Waals surface area (Å²) in [7, 11) is 0. The highest BCUT2D eigenvalue weighted by molar-refractivity contribution is 5.67. The standard InChI is InChI=1S/C24H21F3N2/c25-24(26,27)22-8-4-7-19(13-22)21-11-17(15-28-16-21)12-23-14-20(9-10-29-23)18-5-2-1-3-6-18/h1-9,11,13,15-16,23,29H,10,12,14H2. The number of nitrogens with one attached hydrogen (secondary N) is 1. The minimum absolute atomic E-state index is 0.258. The van der Waals surface area contributed by atoms with Crippen molar-refractivity contribution in [3.8, 4) is 11.1 Å². The minimum atomic E-state index is -4.35. The van der Waals surface area contributed by atoms with E-state index in [0.717, 1.165) is 31.0 Å². The number of halogens is 3. The maximum atomic E-state index is 13.0. The van der Waals surface area contributed by atoms with Crippen LogP contribution >= 0.6 is 0 Å². The van der Waals surface area contributed by atoms with Gasteiger partial charge in [0.25, 0.3) is 0 Å². The van der Waals surface area contributed by atoms with E-state index in [-0.39, 0.29) is 6.04 Å². The quantitative estimate of drug-likeness (QED) is 0.609. The van der Waals surface area contributed by atoms with E-state index < -0.39 is 11.7 Å². The van der Waals surface area contributed by atoms with Crippen molar-refractivity contribution < 1.29 is 13.2 Å². The Hall–Kier alpha value is -2.92. The van der Waals surface area contributed by atoms with Crippen LogP contribution in [0.5, 0.6) is 0 Å². The molecular formula is C24H21F3N2. The van der Waals surface area contributed by atoms with E-state index in [1.165, 1.54) is 23.3 Å². The average Bonchev–Trinajstić information content (AvgIpc) is 2.74. The van der Waals surface area contributed by atoms with Gasteiger partial charge in [0, 0.05) is 30.5 Å². The summed E-state index contributed by atoms with van der Waals surface area (Å²) < 4.78 is 39.1. The molecule has 0 saturated heterocycles. The summed E-state index contributed by atoms with van der Waals surface area (Å²) in [6.45, 7) is 0.801. The Bertz CT molecular complexity index is 1010. The van der Waals surface area contributed by atoms with Crippen molar-refractivity contribution in [3.05, 3.63) is 95.8 Å². The van der Waals surface area contributed by atoms with Crippen LogP contribution in [0.25, 0.3) is 16.7 Å². The molecule has 1 N–H and O–H groups in total. The third-order valence-corrected chi connectivity index (χ3v) is 5.17. The van der Waals surface area contributed by atoms with Crippen molar-refractivity contribution in [1.82, 2.24) is 10.3 Å². The summed E-state index contributed by atoms with van der Waals surface area (Å²) in [5, 5.41) is 3.50. The number of rotatable bonds is 4. The van der Waals surface area contributed by atoms with Crippen molar-refractivity contribution in [2.45, 2.75) is 25.1 Å². The van der Waals surface area contributed by atoms with E-state index >= 15 is 0 Å². The topological polar surface area (TPSA) is 24.9 Å². The van der Waals surface area contributed by atoms with Crippen molar-refractivity contribution in [3.63, 3.8) is 0 Å². The molecule has 2 nitrogen and oxygen atoms in total. The average molecular weight is 394 g/mol. The molecule has 5 heteroatoms.